The molecule has 0 spiro atoms. The number of aryl methyl sites for hydroxylation is 1. The maximum absolute atomic E-state index is 12.4. The second kappa shape index (κ2) is 7.47. The van der Waals surface area contributed by atoms with Crippen LogP contribution < -0.4 is 15.5 Å². The average molecular weight is 286 g/mol. The molecule has 5 heteroatoms. The first-order valence-corrected chi connectivity index (χ1v) is 7.20. The molecule has 21 heavy (non-hydrogen) atoms. The number of amides is 1. The second-order valence-electron chi connectivity index (χ2n) is 4.87. The number of carbonyl (C=O) groups excluding carboxylic acids is 1. The Morgan fingerprint density at radius 1 is 1.43 bits per heavy atom. The van der Waals surface area contributed by atoms with Crippen LogP contribution >= 0.6 is 0 Å². The number of anilines is 1. The molecule has 1 heterocycles. The van der Waals surface area contributed by atoms with Gasteiger partial charge in [0.1, 0.15) is 0 Å². The summed E-state index contributed by atoms with van der Waals surface area (Å²) in [4.78, 5) is 18.3. The van der Waals surface area contributed by atoms with Gasteiger partial charge in [-0.25, -0.2) is 0 Å². The average Bonchev–Trinajstić information content (AvgIpc) is 2.54. The van der Waals surface area contributed by atoms with E-state index in [2.05, 4.69) is 28.3 Å². The molecule has 1 aromatic rings. The Labute approximate surface area is 125 Å². The molecular formula is C16H22N4O. The van der Waals surface area contributed by atoms with Gasteiger partial charge in [-0.1, -0.05) is 24.3 Å². The molecule has 0 aliphatic carbocycles. The normalized spacial score (nSPS) is 14.3. The molecule has 2 N–H and O–H groups in total. The van der Waals surface area contributed by atoms with Gasteiger partial charge in [0.05, 0.1) is 6.54 Å². The summed E-state index contributed by atoms with van der Waals surface area (Å²) in [7, 11) is 1.68. The maximum Gasteiger partial charge on any atom is 0.246 e. The van der Waals surface area contributed by atoms with E-state index >= 15 is 0 Å². The third-order valence-corrected chi connectivity index (χ3v) is 3.46. The zero-order valence-electron chi connectivity index (χ0n) is 12.4. The minimum atomic E-state index is 0.0590. The molecule has 5 nitrogen and oxygen atoms in total. The summed E-state index contributed by atoms with van der Waals surface area (Å²) in [6.07, 6.45) is 3.79. The first-order valence-electron chi connectivity index (χ1n) is 7.20. The highest BCUT2D eigenvalue weighted by Gasteiger charge is 2.21. The summed E-state index contributed by atoms with van der Waals surface area (Å²) in [5.74, 6) is 0.664. The van der Waals surface area contributed by atoms with Gasteiger partial charge in [0.25, 0.3) is 0 Å². The Hall–Kier alpha value is -2.30. The Morgan fingerprint density at radius 2 is 2.24 bits per heavy atom. The van der Waals surface area contributed by atoms with Crippen LogP contribution in [0.2, 0.25) is 0 Å². The van der Waals surface area contributed by atoms with Gasteiger partial charge in [-0.3, -0.25) is 9.79 Å². The number of benzene rings is 1. The highest BCUT2D eigenvalue weighted by Crippen LogP contribution is 2.26. The molecule has 0 bridgehead atoms. The SMILES string of the molecule is C=CCNC(=NC)NCC(=O)N1CCCc2ccccc21. The zero-order valence-corrected chi connectivity index (χ0v) is 12.4. The van der Waals surface area contributed by atoms with Crippen LogP contribution in [0, 0.1) is 0 Å². The van der Waals surface area contributed by atoms with Crippen molar-refractivity contribution in [2.24, 2.45) is 4.99 Å². The molecule has 0 fully saturated rings. The molecular weight excluding hydrogens is 264 g/mol. The third kappa shape index (κ3) is 3.84. The highest BCUT2D eigenvalue weighted by molar-refractivity contribution is 5.98. The van der Waals surface area contributed by atoms with E-state index in [1.54, 1.807) is 13.1 Å². The van der Waals surface area contributed by atoms with Gasteiger partial charge in [0.2, 0.25) is 5.91 Å². The molecule has 0 radical (unpaired) electrons. The van der Waals surface area contributed by atoms with Crippen molar-refractivity contribution in [2.45, 2.75) is 12.8 Å². The summed E-state index contributed by atoms with van der Waals surface area (Å²) in [6.45, 7) is 5.25. The van der Waals surface area contributed by atoms with Gasteiger partial charge in [0, 0.05) is 25.8 Å². The van der Waals surface area contributed by atoms with Gasteiger partial charge in [-0.05, 0) is 24.5 Å². The maximum atomic E-state index is 12.4. The van der Waals surface area contributed by atoms with Crippen LogP contribution in [0.3, 0.4) is 0 Å². The lowest BCUT2D eigenvalue weighted by Crippen LogP contribution is -2.46. The van der Waals surface area contributed by atoms with Crippen LogP contribution in [0.5, 0.6) is 0 Å². The molecule has 0 saturated carbocycles. The van der Waals surface area contributed by atoms with E-state index < -0.39 is 0 Å². The quantitative estimate of drug-likeness (QED) is 0.498. The number of nitrogens with one attached hydrogen (secondary N) is 2. The summed E-state index contributed by atoms with van der Waals surface area (Å²) in [5, 5.41) is 6.08. The lowest BCUT2D eigenvalue weighted by atomic mass is 10.0. The van der Waals surface area contributed by atoms with E-state index in [4.69, 9.17) is 0 Å². The van der Waals surface area contributed by atoms with Crippen LogP contribution in [-0.4, -0.2) is 38.5 Å². The Balaban J connectivity index is 1.97. The van der Waals surface area contributed by atoms with E-state index in [1.165, 1.54) is 5.56 Å². The Morgan fingerprint density at radius 3 is 3.00 bits per heavy atom. The predicted molar refractivity (Wildman–Crippen MR) is 86.7 cm³/mol. The van der Waals surface area contributed by atoms with E-state index in [9.17, 15) is 4.79 Å². The molecule has 1 aromatic carbocycles. The standard InChI is InChI=1S/C16H22N4O/c1-3-10-18-16(17-2)19-12-15(21)20-11-6-8-13-7-4-5-9-14(13)20/h3-5,7,9H,1,6,8,10-12H2,2H3,(H2,17,18,19). The lowest BCUT2D eigenvalue weighted by molar-refractivity contribution is -0.117. The van der Waals surface area contributed by atoms with Crippen molar-refractivity contribution in [1.29, 1.82) is 0 Å². The highest BCUT2D eigenvalue weighted by atomic mass is 16.2. The van der Waals surface area contributed by atoms with Gasteiger partial charge in [-0.15, -0.1) is 6.58 Å². The lowest BCUT2D eigenvalue weighted by Gasteiger charge is -2.29. The third-order valence-electron chi connectivity index (χ3n) is 3.46. The number of nitrogens with zero attached hydrogens (tertiary/aromatic N) is 2. The van der Waals surface area contributed by atoms with E-state index in [-0.39, 0.29) is 12.5 Å². The fourth-order valence-electron chi connectivity index (χ4n) is 2.44. The molecule has 0 saturated heterocycles. The van der Waals surface area contributed by atoms with Gasteiger partial charge >= 0.3 is 0 Å². The van der Waals surface area contributed by atoms with Crippen LogP contribution in [0.25, 0.3) is 0 Å². The molecule has 1 aliphatic rings. The van der Waals surface area contributed by atoms with Gasteiger partial charge in [-0.2, -0.15) is 0 Å². The number of fused-ring (bicyclic) bond motifs is 1. The number of guanidine groups is 1. The second-order valence-corrected chi connectivity index (χ2v) is 4.87. The van der Waals surface area contributed by atoms with Crippen molar-refractivity contribution in [2.75, 3.05) is 31.6 Å². The first-order chi connectivity index (χ1) is 10.3. The number of rotatable bonds is 4. The summed E-state index contributed by atoms with van der Waals surface area (Å²) >= 11 is 0. The van der Waals surface area contributed by atoms with Crippen molar-refractivity contribution >= 4 is 17.6 Å². The van der Waals surface area contributed by atoms with Crippen LogP contribution in [-0.2, 0) is 11.2 Å². The van der Waals surface area contributed by atoms with Crippen LogP contribution in [0.15, 0.2) is 41.9 Å². The minimum absolute atomic E-state index is 0.0590. The monoisotopic (exact) mass is 286 g/mol. The van der Waals surface area contributed by atoms with Crippen molar-refractivity contribution in [3.8, 4) is 0 Å². The van der Waals surface area contributed by atoms with Crippen molar-refractivity contribution in [3.05, 3.63) is 42.5 Å². The molecule has 1 aliphatic heterocycles. The molecule has 0 aromatic heterocycles. The summed E-state index contributed by atoms with van der Waals surface area (Å²) < 4.78 is 0. The number of carbonyl (C=O) groups is 1. The number of hydrogen-bond acceptors (Lipinski definition) is 2. The van der Waals surface area contributed by atoms with Gasteiger partial charge in [0.15, 0.2) is 5.96 Å². The number of para-hydroxylation sites is 1. The van der Waals surface area contributed by atoms with E-state index in [1.807, 2.05) is 23.1 Å². The van der Waals surface area contributed by atoms with Crippen molar-refractivity contribution in [3.63, 3.8) is 0 Å². The summed E-state index contributed by atoms with van der Waals surface area (Å²) in [5.41, 5.74) is 2.27. The zero-order chi connectivity index (χ0) is 15.1. The number of aliphatic imine (C=N–C) groups is 1. The largest absolute Gasteiger partial charge is 0.353 e. The van der Waals surface area contributed by atoms with Crippen LogP contribution in [0.1, 0.15) is 12.0 Å². The fraction of sp³-hybridized carbons (Fsp3) is 0.375. The minimum Gasteiger partial charge on any atom is -0.353 e. The molecule has 0 atom stereocenters. The van der Waals surface area contributed by atoms with Crippen LogP contribution in [0.4, 0.5) is 5.69 Å². The fourth-order valence-corrected chi connectivity index (χ4v) is 2.44. The smallest absolute Gasteiger partial charge is 0.246 e. The van der Waals surface area contributed by atoms with E-state index in [0.29, 0.717) is 12.5 Å². The molecule has 112 valence electrons. The Bertz CT molecular complexity index is 539. The molecule has 2 rings (SSSR count). The van der Waals surface area contributed by atoms with Crippen molar-refractivity contribution in [1.82, 2.24) is 10.6 Å². The number of hydrogen-bond donors (Lipinski definition) is 2. The topological polar surface area (TPSA) is 56.7 Å². The first kappa shape index (κ1) is 15.1. The molecule has 0 unspecified atom stereocenters. The predicted octanol–water partition coefficient (Wildman–Crippen LogP) is 1.32. The summed E-state index contributed by atoms with van der Waals surface area (Å²) in [6, 6.07) is 8.10. The Kier molecular flexibility index (Phi) is 5.37. The van der Waals surface area contributed by atoms with Crippen molar-refractivity contribution < 1.29 is 4.79 Å². The molecule has 1 amide bonds. The van der Waals surface area contributed by atoms with Gasteiger partial charge < -0.3 is 15.5 Å². The van der Waals surface area contributed by atoms with E-state index in [0.717, 1.165) is 25.1 Å².